The fourth-order valence-corrected chi connectivity index (χ4v) is 5.43. The van der Waals surface area contributed by atoms with E-state index < -0.39 is 17.4 Å². The predicted molar refractivity (Wildman–Crippen MR) is 125 cm³/mol. The van der Waals surface area contributed by atoms with Crippen LogP contribution in [0.2, 0.25) is 0 Å². The van der Waals surface area contributed by atoms with Gasteiger partial charge in [0.15, 0.2) is 4.83 Å². The van der Waals surface area contributed by atoms with Gasteiger partial charge in [-0.05, 0) is 48.3 Å². The van der Waals surface area contributed by atoms with Crippen LogP contribution in [0.3, 0.4) is 0 Å². The molecular formula is C22H25N5O5S. The minimum atomic E-state index is -0.615. The number of hydrogen-bond acceptors (Lipinski definition) is 8. The van der Waals surface area contributed by atoms with Crippen molar-refractivity contribution in [3.05, 3.63) is 49.1 Å². The maximum Gasteiger partial charge on any atom is 0.296 e. The quantitative estimate of drug-likeness (QED) is 0.445. The van der Waals surface area contributed by atoms with Crippen LogP contribution in [0.4, 0.5) is 11.4 Å². The number of fused-ring (bicyclic) bond motifs is 3. The Hall–Kier alpha value is -3.34. The highest BCUT2D eigenvalue weighted by Crippen LogP contribution is 2.41. The van der Waals surface area contributed by atoms with E-state index in [2.05, 4.69) is 36.4 Å². The first-order chi connectivity index (χ1) is 15.6. The topological polar surface area (TPSA) is 129 Å². The summed E-state index contributed by atoms with van der Waals surface area (Å²) in [6.07, 6.45) is 2.69. The molecule has 1 aliphatic rings. The van der Waals surface area contributed by atoms with Crippen LogP contribution in [0.5, 0.6) is 5.75 Å². The molecule has 3 aromatic rings. The number of rotatable bonds is 5. The largest absolute Gasteiger partial charge is 0.496 e. The smallest absolute Gasteiger partial charge is 0.296 e. The van der Waals surface area contributed by atoms with Gasteiger partial charge in [-0.3, -0.25) is 19.7 Å². The molecular weight excluding hydrogens is 446 g/mol. The average Bonchev–Trinajstić information content (AvgIpc) is 3.13. The number of anilines is 1. The van der Waals surface area contributed by atoms with Gasteiger partial charge >= 0.3 is 0 Å². The molecule has 0 fully saturated rings. The number of carbonyl (C=O) groups is 1. The molecule has 2 aromatic heterocycles. The van der Waals surface area contributed by atoms with Crippen LogP contribution in [-0.2, 0) is 24.2 Å². The van der Waals surface area contributed by atoms with Crippen molar-refractivity contribution in [1.29, 1.82) is 0 Å². The summed E-state index contributed by atoms with van der Waals surface area (Å²) in [5.74, 6) is 0.207. The molecule has 1 atom stereocenters. The summed E-state index contributed by atoms with van der Waals surface area (Å²) in [4.78, 5) is 38.2. The summed E-state index contributed by atoms with van der Waals surface area (Å²) in [6, 6.07) is 4.10. The van der Waals surface area contributed by atoms with Gasteiger partial charge in [-0.1, -0.05) is 26.0 Å². The summed E-state index contributed by atoms with van der Waals surface area (Å²) < 4.78 is 6.01. The number of thiophene rings is 1. The molecule has 1 aliphatic carbocycles. The van der Waals surface area contributed by atoms with Gasteiger partial charge in [0.2, 0.25) is 5.91 Å². The normalized spacial score (nSPS) is 15.8. The number of nitro benzene ring substituents is 1. The Morgan fingerprint density at radius 1 is 1.39 bits per heavy atom. The Kier molecular flexibility index (Phi) is 5.91. The van der Waals surface area contributed by atoms with Gasteiger partial charge in [-0.2, -0.15) is 0 Å². The fourth-order valence-electron chi connectivity index (χ4n) is 4.19. The maximum atomic E-state index is 13.1. The first-order valence-corrected chi connectivity index (χ1v) is 11.4. The number of amides is 1. The molecule has 0 aliphatic heterocycles. The zero-order valence-electron chi connectivity index (χ0n) is 18.9. The van der Waals surface area contributed by atoms with Crippen LogP contribution in [0.1, 0.15) is 37.6 Å². The van der Waals surface area contributed by atoms with E-state index in [-0.39, 0.29) is 22.3 Å². The molecule has 4 rings (SSSR count). The van der Waals surface area contributed by atoms with Crippen LogP contribution in [0, 0.1) is 21.4 Å². The SMILES string of the molecule is COc1ccc(NC(=O)Cn2nnc3sc4c(c3c2=O)CC[C@H](C(C)(C)C)C4)c([N+](=O)[O-])c1. The third kappa shape index (κ3) is 4.45. The van der Waals surface area contributed by atoms with E-state index in [4.69, 9.17) is 4.74 Å². The molecule has 0 unspecified atom stereocenters. The number of methoxy groups -OCH3 is 1. The number of benzene rings is 1. The molecule has 0 saturated heterocycles. The molecule has 11 heteroatoms. The number of nitro groups is 1. The first kappa shape index (κ1) is 22.8. The third-order valence-corrected chi connectivity index (χ3v) is 7.27. The van der Waals surface area contributed by atoms with Gasteiger partial charge in [-0.25, -0.2) is 4.68 Å². The minimum absolute atomic E-state index is 0.00835. The average molecular weight is 472 g/mol. The fraction of sp³-hybridized carbons (Fsp3) is 0.455. The molecule has 1 aromatic carbocycles. The first-order valence-electron chi connectivity index (χ1n) is 10.6. The van der Waals surface area contributed by atoms with E-state index in [1.807, 2.05) is 0 Å². The standard InChI is InChI=1S/C22H25N5O5S/c1-22(2,3)12-5-7-14-17(9-12)33-20-19(14)21(29)26(25-24-20)11-18(28)23-15-8-6-13(32-4)10-16(15)27(30)31/h6,8,10,12H,5,7,9,11H2,1-4H3,(H,23,28)/t12-/m0/s1. The van der Waals surface area contributed by atoms with E-state index in [0.29, 0.717) is 21.9 Å². The van der Waals surface area contributed by atoms with Crippen LogP contribution >= 0.6 is 11.3 Å². The second kappa shape index (κ2) is 8.54. The van der Waals surface area contributed by atoms with Gasteiger partial charge in [0.05, 0.1) is 23.5 Å². The highest BCUT2D eigenvalue weighted by molar-refractivity contribution is 7.18. The lowest BCUT2D eigenvalue weighted by atomic mass is 9.72. The Bertz CT molecular complexity index is 1310. The Balaban J connectivity index is 1.59. The van der Waals surface area contributed by atoms with Crippen molar-refractivity contribution in [2.45, 2.75) is 46.6 Å². The zero-order chi connectivity index (χ0) is 23.9. The molecule has 0 saturated carbocycles. The molecule has 33 heavy (non-hydrogen) atoms. The number of hydrogen-bond donors (Lipinski definition) is 1. The van der Waals surface area contributed by atoms with Crippen LogP contribution in [0.25, 0.3) is 10.2 Å². The van der Waals surface area contributed by atoms with Gasteiger partial charge in [0.1, 0.15) is 18.0 Å². The van der Waals surface area contributed by atoms with E-state index in [0.717, 1.165) is 29.5 Å². The van der Waals surface area contributed by atoms with E-state index in [1.54, 1.807) is 0 Å². The Morgan fingerprint density at radius 2 is 2.15 bits per heavy atom. The Morgan fingerprint density at radius 3 is 2.82 bits per heavy atom. The Labute approximate surface area is 193 Å². The molecule has 0 bridgehead atoms. The number of aromatic nitrogens is 3. The van der Waals surface area contributed by atoms with E-state index in [1.165, 1.54) is 41.5 Å². The number of nitrogens with zero attached hydrogens (tertiary/aromatic N) is 4. The van der Waals surface area contributed by atoms with Crippen molar-refractivity contribution in [3.63, 3.8) is 0 Å². The summed E-state index contributed by atoms with van der Waals surface area (Å²) in [6.45, 7) is 6.29. The van der Waals surface area contributed by atoms with Crippen molar-refractivity contribution in [1.82, 2.24) is 15.0 Å². The number of nitrogens with one attached hydrogen (secondary N) is 1. The van der Waals surface area contributed by atoms with Crippen molar-refractivity contribution in [2.24, 2.45) is 11.3 Å². The lowest BCUT2D eigenvalue weighted by molar-refractivity contribution is -0.384. The predicted octanol–water partition coefficient (Wildman–Crippen LogP) is 3.56. The van der Waals surface area contributed by atoms with Crippen molar-refractivity contribution >= 4 is 38.8 Å². The van der Waals surface area contributed by atoms with E-state index >= 15 is 0 Å². The molecule has 1 N–H and O–H groups in total. The highest BCUT2D eigenvalue weighted by atomic mass is 32.1. The number of ether oxygens (including phenoxy) is 1. The van der Waals surface area contributed by atoms with Gasteiger partial charge < -0.3 is 10.1 Å². The summed E-state index contributed by atoms with van der Waals surface area (Å²) in [5, 5.41) is 22.5. The second-order valence-corrected chi connectivity index (χ2v) is 10.3. The van der Waals surface area contributed by atoms with Crippen LogP contribution in [-0.4, -0.2) is 32.9 Å². The van der Waals surface area contributed by atoms with Gasteiger partial charge in [0.25, 0.3) is 11.2 Å². The second-order valence-electron chi connectivity index (χ2n) is 9.23. The molecule has 0 radical (unpaired) electrons. The number of aryl methyl sites for hydroxylation is 1. The monoisotopic (exact) mass is 471 g/mol. The molecule has 2 heterocycles. The van der Waals surface area contributed by atoms with Gasteiger partial charge in [-0.15, -0.1) is 16.4 Å². The molecule has 174 valence electrons. The molecule has 0 spiro atoms. The minimum Gasteiger partial charge on any atom is -0.496 e. The van der Waals surface area contributed by atoms with Crippen molar-refractivity contribution in [2.75, 3.05) is 12.4 Å². The number of carbonyl (C=O) groups excluding carboxylic acids is 1. The molecule has 10 nitrogen and oxygen atoms in total. The van der Waals surface area contributed by atoms with Crippen molar-refractivity contribution in [3.8, 4) is 5.75 Å². The lowest BCUT2D eigenvalue weighted by Crippen LogP contribution is -2.31. The summed E-state index contributed by atoms with van der Waals surface area (Å²) in [7, 11) is 1.39. The highest BCUT2D eigenvalue weighted by Gasteiger charge is 2.32. The third-order valence-electron chi connectivity index (χ3n) is 6.13. The molecule has 1 amide bonds. The summed E-state index contributed by atoms with van der Waals surface area (Å²) >= 11 is 1.50. The summed E-state index contributed by atoms with van der Waals surface area (Å²) in [5.41, 5.74) is 0.523. The maximum absolute atomic E-state index is 13.1. The zero-order valence-corrected chi connectivity index (χ0v) is 19.7. The van der Waals surface area contributed by atoms with Crippen LogP contribution in [0.15, 0.2) is 23.0 Å². The van der Waals surface area contributed by atoms with Crippen molar-refractivity contribution < 1.29 is 14.5 Å². The van der Waals surface area contributed by atoms with Crippen LogP contribution < -0.4 is 15.6 Å². The van der Waals surface area contributed by atoms with Gasteiger partial charge in [0, 0.05) is 4.88 Å². The lowest BCUT2D eigenvalue weighted by Gasteiger charge is -2.33. The van der Waals surface area contributed by atoms with E-state index in [9.17, 15) is 19.7 Å².